The van der Waals surface area contributed by atoms with Crippen LogP contribution in [-0.2, 0) is 6.42 Å². The second-order valence-electron chi connectivity index (χ2n) is 4.03. The average Bonchev–Trinajstić information content (AvgIpc) is 2.79. The molecule has 1 aromatic rings. The number of halogens is 1. The van der Waals surface area contributed by atoms with Crippen LogP contribution < -0.4 is 5.32 Å². The Morgan fingerprint density at radius 3 is 3.00 bits per heavy atom. The Morgan fingerprint density at radius 2 is 2.50 bits per heavy atom. The van der Waals surface area contributed by atoms with Gasteiger partial charge in [0.05, 0.1) is 10.7 Å². The molecule has 1 atom stereocenters. The van der Waals surface area contributed by atoms with Crippen molar-refractivity contribution in [3.8, 4) is 0 Å². The minimum absolute atomic E-state index is 0.278. The summed E-state index contributed by atoms with van der Waals surface area (Å²) < 4.78 is 6.56. The molecule has 1 saturated heterocycles. The molecule has 2 rings (SSSR count). The Labute approximate surface area is 93.2 Å². The summed E-state index contributed by atoms with van der Waals surface area (Å²) in [5.74, 6) is 1.07. The van der Waals surface area contributed by atoms with Gasteiger partial charge in [-0.1, -0.05) is 6.92 Å². The summed E-state index contributed by atoms with van der Waals surface area (Å²) in [6.45, 7) is 3.39. The number of hydrogen-bond donors (Lipinski definition) is 1. The molecule has 0 radical (unpaired) electrons. The van der Waals surface area contributed by atoms with Crippen molar-refractivity contribution in [3.63, 3.8) is 0 Å². The van der Waals surface area contributed by atoms with Crippen LogP contribution in [0.1, 0.15) is 31.9 Å². The van der Waals surface area contributed by atoms with Crippen LogP contribution in [0, 0.1) is 0 Å². The summed E-state index contributed by atoms with van der Waals surface area (Å²) in [5, 5.41) is 3.60. The highest BCUT2D eigenvalue weighted by atomic mass is 79.9. The maximum atomic E-state index is 5.47. The van der Waals surface area contributed by atoms with Gasteiger partial charge < -0.3 is 9.73 Å². The Balaban J connectivity index is 2.12. The maximum absolute atomic E-state index is 5.47. The fourth-order valence-corrected chi connectivity index (χ4v) is 2.55. The van der Waals surface area contributed by atoms with Gasteiger partial charge >= 0.3 is 0 Å². The molecule has 78 valence electrons. The van der Waals surface area contributed by atoms with Gasteiger partial charge in [0.2, 0.25) is 0 Å². The number of rotatable bonds is 3. The molecule has 0 saturated carbocycles. The van der Waals surface area contributed by atoms with Crippen molar-refractivity contribution >= 4 is 15.9 Å². The molecule has 2 nitrogen and oxygen atoms in total. The topological polar surface area (TPSA) is 25.2 Å². The molecule has 1 aromatic heterocycles. The second-order valence-corrected chi connectivity index (χ2v) is 4.89. The van der Waals surface area contributed by atoms with Crippen LogP contribution >= 0.6 is 15.9 Å². The van der Waals surface area contributed by atoms with Crippen molar-refractivity contribution in [2.45, 2.75) is 38.1 Å². The third-order valence-electron chi connectivity index (χ3n) is 3.20. The summed E-state index contributed by atoms with van der Waals surface area (Å²) in [7, 11) is 0. The normalized spacial score (nSPS) is 27.0. The lowest BCUT2D eigenvalue weighted by molar-refractivity contribution is 0.329. The molecule has 3 heteroatoms. The van der Waals surface area contributed by atoms with Crippen LogP contribution in [0.15, 0.2) is 21.2 Å². The van der Waals surface area contributed by atoms with E-state index in [0.717, 1.165) is 23.2 Å². The van der Waals surface area contributed by atoms with E-state index in [4.69, 9.17) is 4.42 Å². The van der Waals surface area contributed by atoms with Crippen LogP contribution in [0.25, 0.3) is 0 Å². The van der Waals surface area contributed by atoms with Gasteiger partial charge in [-0.05, 0) is 47.8 Å². The summed E-state index contributed by atoms with van der Waals surface area (Å²) in [4.78, 5) is 0. The van der Waals surface area contributed by atoms with Gasteiger partial charge in [0, 0.05) is 12.0 Å². The molecular formula is C11H16BrNO. The predicted octanol–water partition coefficient (Wildman–Crippen LogP) is 3.12. The molecule has 0 aliphatic carbocycles. The van der Waals surface area contributed by atoms with E-state index in [1.54, 1.807) is 6.26 Å². The summed E-state index contributed by atoms with van der Waals surface area (Å²) >= 11 is 3.51. The van der Waals surface area contributed by atoms with Crippen molar-refractivity contribution in [1.82, 2.24) is 5.32 Å². The highest BCUT2D eigenvalue weighted by Crippen LogP contribution is 2.30. The van der Waals surface area contributed by atoms with Crippen LogP contribution in [0.5, 0.6) is 0 Å². The standard InChI is InChI=1S/C11H16BrNO/c1-2-11(5-3-6-13-11)8-10-9(12)4-7-14-10/h4,7,13H,2-3,5-6,8H2,1H3. The van der Waals surface area contributed by atoms with Crippen LogP contribution in [0.2, 0.25) is 0 Å². The first-order valence-corrected chi connectivity index (χ1v) is 6.02. The predicted molar refractivity (Wildman–Crippen MR) is 60.4 cm³/mol. The lowest BCUT2D eigenvalue weighted by atomic mass is 9.89. The van der Waals surface area contributed by atoms with Crippen molar-refractivity contribution in [3.05, 3.63) is 22.6 Å². The Bertz CT molecular complexity index is 302. The zero-order valence-corrected chi connectivity index (χ0v) is 10.1. The highest BCUT2D eigenvalue weighted by Gasteiger charge is 2.33. The van der Waals surface area contributed by atoms with Gasteiger partial charge in [0.25, 0.3) is 0 Å². The van der Waals surface area contributed by atoms with Crippen molar-refractivity contribution < 1.29 is 4.42 Å². The van der Waals surface area contributed by atoms with Gasteiger partial charge in [-0.15, -0.1) is 0 Å². The second kappa shape index (κ2) is 4.07. The van der Waals surface area contributed by atoms with E-state index < -0.39 is 0 Å². The molecule has 0 spiro atoms. The molecule has 1 N–H and O–H groups in total. The monoisotopic (exact) mass is 257 g/mol. The lowest BCUT2D eigenvalue weighted by Gasteiger charge is -2.27. The van der Waals surface area contributed by atoms with Crippen LogP contribution in [0.3, 0.4) is 0 Å². The number of furan rings is 1. The molecule has 0 bridgehead atoms. The summed E-state index contributed by atoms with van der Waals surface area (Å²) in [5.41, 5.74) is 0.278. The largest absolute Gasteiger partial charge is 0.468 e. The van der Waals surface area contributed by atoms with E-state index in [1.165, 1.54) is 19.3 Å². The van der Waals surface area contributed by atoms with E-state index in [2.05, 4.69) is 28.2 Å². The van der Waals surface area contributed by atoms with E-state index in [1.807, 2.05) is 6.07 Å². The van der Waals surface area contributed by atoms with Crippen molar-refractivity contribution in [1.29, 1.82) is 0 Å². The van der Waals surface area contributed by atoms with Crippen molar-refractivity contribution in [2.24, 2.45) is 0 Å². The number of hydrogen-bond acceptors (Lipinski definition) is 2. The third-order valence-corrected chi connectivity index (χ3v) is 3.91. The molecule has 0 amide bonds. The van der Waals surface area contributed by atoms with E-state index in [0.29, 0.717) is 0 Å². The molecule has 1 aliphatic rings. The minimum atomic E-state index is 0.278. The third kappa shape index (κ3) is 1.89. The molecule has 14 heavy (non-hydrogen) atoms. The smallest absolute Gasteiger partial charge is 0.119 e. The quantitative estimate of drug-likeness (QED) is 0.901. The van der Waals surface area contributed by atoms with Gasteiger partial charge in [-0.25, -0.2) is 0 Å². The molecule has 0 aromatic carbocycles. The van der Waals surface area contributed by atoms with Gasteiger partial charge in [-0.3, -0.25) is 0 Å². The van der Waals surface area contributed by atoms with Crippen molar-refractivity contribution in [2.75, 3.05) is 6.54 Å². The van der Waals surface area contributed by atoms with Gasteiger partial charge in [0.15, 0.2) is 0 Å². The molecule has 2 heterocycles. The molecular weight excluding hydrogens is 242 g/mol. The van der Waals surface area contributed by atoms with Gasteiger partial charge in [0.1, 0.15) is 5.76 Å². The van der Waals surface area contributed by atoms with Crippen LogP contribution in [0.4, 0.5) is 0 Å². The first kappa shape index (κ1) is 10.2. The Kier molecular flexibility index (Phi) is 2.98. The summed E-state index contributed by atoms with van der Waals surface area (Å²) in [6.07, 6.45) is 6.46. The Hall–Kier alpha value is -0.280. The first-order chi connectivity index (χ1) is 6.76. The Morgan fingerprint density at radius 1 is 1.64 bits per heavy atom. The number of nitrogens with one attached hydrogen (secondary N) is 1. The van der Waals surface area contributed by atoms with E-state index in [-0.39, 0.29) is 5.54 Å². The molecule has 1 aliphatic heterocycles. The maximum Gasteiger partial charge on any atom is 0.119 e. The fourth-order valence-electron chi connectivity index (χ4n) is 2.20. The molecule has 1 fully saturated rings. The lowest BCUT2D eigenvalue weighted by Crippen LogP contribution is -2.41. The fraction of sp³-hybridized carbons (Fsp3) is 0.636. The summed E-state index contributed by atoms with van der Waals surface area (Å²) in [6, 6.07) is 1.97. The first-order valence-electron chi connectivity index (χ1n) is 5.23. The van der Waals surface area contributed by atoms with E-state index in [9.17, 15) is 0 Å². The molecule has 1 unspecified atom stereocenters. The zero-order chi connectivity index (χ0) is 10.0. The minimum Gasteiger partial charge on any atom is -0.468 e. The highest BCUT2D eigenvalue weighted by molar-refractivity contribution is 9.10. The SMILES string of the molecule is CCC1(Cc2occc2Br)CCCN1. The van der Waals surface area contributed by atoms with Gasteiger partial charge in [-0.2, -0.15) is 0 Å². The van der Waals surface area contributed by atoms with E-state index >= 15 is 0 Å². The van der Waals surface area contributed by atoms with Crippen LogP contribution in [-0.4, -0.2) is 12.1 Å². The average molecular weight is 258 g/mol. The zero-order valence-electron chi connectivity index (χ0n) is 8.48.